The minimum atomic E-state index is -0.223. The number of hydrogen-bond donors (Lipinski definition) is 0. The maximum absolute atomic E-state index is 14.0. The second-order valence-electron chi connectivity index (χ2n) is 6.69. The highest BCUT2D eigenvalue weighted by Crippen LogP contribution is 2.32. The lowest BCUT2D eigenvalue weighted by molar-refractivity contribution is -0.128. The van der Waals surface area contributed by atoms with E-state index in [9.17, 15) is 9.18 Å². The number of rotatable bonds is 6. The Bertz CT molecular complexity index is 997. The Morgan fingerprint density at radius 2 is 1.57 bits per heavy atom. The van der Waals surface area contributed by atoms with Gasteiger partial charge in [0.05, 0.1) is 11.4 Å². The largest absolute Gasteiger partial charge is 0.366 e. The number of hydrogen-bond acceptors (Lipinski definition) is 6. The first-order valence-corrected chi connectivity index (χ1v) is 11.4. The second kappa shape index (κ2) is 9.95. The average Bonchev–Trinajstić information content (AvgIpc) is 2.79. The molecule has 1 amide bonds. The predicted molar refractivity (Wildman–Crippen MR) is 119 cm³/mol. The molecule has 4 rings (SSSR count). The Morgan fingerprint density at radius 1 is 0.900 bits per heavy atom. The van der Waals surface area contributed by atoms with Gasteiger partial charge in [0.1, 0.15) is 15.9 Å². The molecule has 1 aliphatic heterocycles. The molecule has 2 aromatic carbocycles. The number of anilines is 1. The van der Waals surface area contributed by atoms with Crippen LogP contribution in [0.1, 0.15) is 0 Å². The summed E-state index contributed by atoms with van der Waals surface area (Å²) in [6.07, 6.45) is 3.31. The van der Waals surface area contributed by atoms with Crippen LogP contribution in [0.5, 0.6) is 0 Å². The number of carbonyl (C=O) groups is 1. The van der Waals surface area contributed by atoms with E-state index >= 15 is 0 Å². The van der Waals surface area contributed by atoms with E-state index in [2.05, 4.69) is 9.97 Å². The third-order valence-corrected chi connectivity index (χ3v) is 6.84. The molecule has 0 radical (unpaired) electrons. The summed E-state index contributed by atoms with van der Waals surface area (Å²) in [5, 5.41) is 1.55. The van der Waals surface area contributed by atoms with Crippen LogP contribution < -0.4 is 4.90 Å². The molecule has 8 heteroatoms. The first-order chi connectivity index (χ1) is 14.7. The van der Waals surface area contributed by atoms with Crippen molar-refractivity contribution in [3.8, 4) is 0 Å². The molecule has 0 N–H and O–H groups in total. The van der Waals surface area contributed by atoms with Gasteiger partial charge in [-0.3, -0.25) is 4.79 Å². The predicted octanol–water partition coefficient (Wildman–Crippen LogP) is 4.21. The van der Waals surface area contributed by atoms with Crippen molar-refractivity contribution in [2.24, 2.45) is 0 Å². The van der Waals surface area contributed by atoms with Crippen LogP contribution in [0.4, 0.5) is 10.1 Å². The summed E-state index contributed by atoms with van der Waals surface area (Å²) in [5.41, 5.74) is 0.598. The van der Waals surface area contributed by atoms with Crippen LogP contribution in [0, 0.1) is 5.82 Å². The lowest BCUT2D eigenvalue weighted by atomic mass is 10.2. The van der Waals surface area contributed by atoms with E-state index in [0.717, 1.165) is 14.9 Å². The van der Waals surface area contributed by atoms with Crippen molar-refractivity contribution < 1.29 is 9.18 Å². The van der Waals surface area contributed by atoms with E-state index < -0.39 is 0 Å². The Hall–Kier alpha value is -2.58. The van der Waals surface area contributed by atoms with Crippen LogP contribution in [0.25, 0.3) is 0 Å². The third-order valence-electron chi connectivity index (χ3n) is 4.75. The molecule has 3 aromatic rings. The maximum Gasteiger partial charge on any atom is 0.233 e. The summed E-state index contributed by atoms with van der Waals surface area (Å²) in [6.45, 7) is 2.41. The Balaban J connectivity index is 1.32. The third kappa shape index (κ3) is 5.12. The van der Waals surface area contributed by atoms with Gasteiger partial charge in [0.2, 0.25) is 5.91 Å². The van der Waals surface area contributed by atoms with Crippen molar-refractivity contribution >= 4 is 35.1 Å². The first kappa shape index (κ1) is 20.7. The van der Waals surface area contributed by atoms with E-state index in [1.54, 1.807) is 24.5 Å². The summed E-state index contributed by atoms with van der Waals surface area (Å²) in [7, 11) is 0. The molecular formula is C22H21FN4OS2. The average molecular weight is 441 g/mol. The number of nitrogens with zero attached hydrogens (tertiary/aromatic N) is 4. The SMILES string of the molecule is O=C(CSc1nccnc1Sc1ccccc1)N1CCN(c2ccccc2F)CC1. The number of thioether (sulfide) groups is 1. The van der Waals surface area contributed by atoms with Gasteiger partial charge < -0.3 is 9.80 Å². The van der Waals surface area contributed by atoms with Gasteiger partial charge in [0, 0.05) is 43.5 Å². The number of benzene rings is 2. The van der Waals surface area contributed by atoms with Gasteiger partial charge >= 0.3 is 0 Å². The number of piperazine rings is 1. The second-order valence-corrected chi connectivity index (χ2v) is 8.72. The van der Waals surface area contributed by atoms with E-state index in [4.69, 9.17) is 0 Å². The first-order valence-electron chi connectivity index (χ1n) is 9.64. The lowest BCUT2D eigenvalue weighted by Gasteiger charge is -2.36. The van der Waals surface area contributed by atoms with E-state index in [-0.39, 0.29) is 11.7 Å². The van der Waals surface area contributed by atoms with Crippen LogP contribution in [-0.4, -0.2) is 52.7 Å². The minimum absolute atomic E-state index is 0.0643. The van der Waals surface area contributed by atoms with Gasteiger partial charge in [-0.1, -0.05) is 53.9 Å². The van der Waals surface area contributed by atoms with Crippen LogP contribution in [0.3, 0.4) is 0 Å². The molecule has 2 heterocycles. The van der Waals surface area contributed by atoms with Crippen molar-refractivity contribution in [2.75, 3.05) is 36.8 Å². The highest BCUT2D eigenvalue weighted by molar-refractivity contribution is 8.02. The quantitative estimate of drug-likeness (QED) is 0.535. The van der Waals surface area contributed by atoms with E-state index in [1.807, 2.05) is 46.2 Å². The standard InChI is InChI=1S/C22H21FN4OS2/c23-18-8-4-5-9-19(18)26-12-14-27(15-13-26)20(28)16-29-21-22(25-11-10-24-21)30-17-6-2-1-3-7-17/h1-11H,12-16H2. The van der Waals surface area contributed by atoms with Gasteiger partial charge in [-0.15, -0.1) is 0 Å². The molecule has 0 spiro atoms. The molecule has 0 atom stereocenters. The van der Waals surface area contributed by atoms with Crippen molar-refractivity contribution in [1.29, 1.82) is 0 Å². The number of halogens is 1. The molecule has 1 aliphatic rings. The Labute approximate surface area is 183 Å². The Kier molecular flexibility index (Phi) is 6.86. The van der Waals surface area contributed by atoms with Gasteiger partial charge in [-0.2, -0.15) is 0 Å². The zero-order valence-corrected chi connectivity index (χ0v) is 17.9. The van der Waals surface area contributed by atoms with Crippen molar-refractivity contribution in [2.45, 2.75) is 14.9 Å². The molecule has 5 nitrogen and oxygen atoms in total. The molecule has 30 heavy (non-hydrogen) atoms. The Morgan fingerprint density at radius 3 is 2.30 bits per heavy atom. The van der Waals surface area contributed by atoms with Gasteiger partial charge in [0.15, 0.2) is 0 Å². The summed E-state index contributed by atoms with van der Waals surface area (Å²) in [5.74, 6) is 0.147. The van der Waals surface area contributed by atoms with E-state index in [1.165, 1.54) is 29.6 Å². The van der Waals surface area contributed by atoms with Crippen LogP contribution in [0.2, 0.25) is 0 Å². The van der Waals surface area contributed by atoms with Crippen molar-refractivity contribution in [1.82, 2.24) is 14.9 Å². The number of aromatic nitrogens is 2. The number of para-hydroxylation sites is 1. The lowest BCUT2D eigenvalue weighted by Crippen LogP contribution is -2.49. The highest BCUT2D eigenvalue weighted by Gasteiger charge is 2.23. The molecule has 1 saturated heterocycles. The number of carbonyl (C=O) groups excluding carboxylic acids is 1. The fourth-order valence-corrected chi connectivity index (χ4v) is 5.03. The smallest absolute Gasteiger partial charge is 0.233 e. The molecular weight excluding hydrogens is 419 g/mol. The molecule has 0 unspecified atom stereocenters. The summed E-state index contributed by atoms with van der Waals surface area (Å²) in [4.78, 5) is 26.5. The fourth-order valence-electron chi connectivity index (χ4n) is 3.21. The van der Waals surface area contributed by atoms with Gasteiger partial charge in [-0.25, -0.2) is 14.4 Å². The van der Waals surface area contributed by atoms with Crippen LogP contribution in [-0.2, 0) is 4.79 Å². The summed E-state index contributed by atoms with van der Waals surface area (Å²) < 4.78 is 14.0. The molecule has 1 aromatic heterocycles. The molecule has 154 valence electrons. The molecule has 0 bridgehead atoms. The molecule has 0 aliphatic carbocycles. The van der Waals surface area contributed by atoms with Crippen LogP contribution in [0.15, 0.2) is 81.9 Å². The molecule has 1 fully saturated rings. The topological polar surface area (TPSA) is 49.3 Å². The minimum Gasteiger partial charge on any atom is -0.366 e. The summed E-state index contributed by atoms with van der Waals surface area (Å²) >= 11 is 2.95. The van der Waals surface area contributed by atoms with Gasteiger partial charge in [0.25, 0.3) is 0 Å². The van der Waals surface area contributed by atoms with Crippen molar-refractivity contribution in [3.63, 3.8) is 0 Å². The highest BCUT2D eigenvalue weighted by atomic mass is 32.2. The zero-order chi connectivity index (χ0) is 20.8. The summed E-state index contributed by atoms with van der Waals surface area (Å²) in [6, 6.07) is 16.7. The van der Waals surface area contributed by atoms with E-state index in [0.29, 0.717) is 37.6 Å². The number of amides is 1. The van der Waals surface area contributed by atoms with Gasteiger partial charge in [-0.05, 0) is 24.3 Å². The maximum atomic E-state index is 14.0. The van der Waals surface area contributed by atoms with Crippen molar-refractivity contribution in [3.05, 3.63) is 72.8 Å². The monoisotopic (exact) mass is 440 g/mol. The zero-order valence-electron chi connectivity index (χ0n) is 16.3. The fraction of sp³-hybridized carbons (Fsp3) is 0.227. The molecule has 0 saturated carbocycles. The normalized spacial score (nSPS) is 14.0. The van der Waals surface area contributed by atoms with Crippen LogP contribution >= 0.6 is 23.5 Å².